The van der Waals surface area contributed by atoms with Crippen LogP contribution in [0.5, 0.6) is 0 Å². The Morgan fingerprint density at radius 2 is 1.86 bits per heavy atom. The lowest BCUT2D eigenvalue weighted by molar-refractivity contribution is 0.541. The number of benzene rings is 2. The third-order valence-corrected chi connectivity index (χ3v) is 3.37. The van der Waals surface area contributed by atoms with Crippen LogP contribution in [0, 0.1) is 17.6 Å². The minimum absolute atomic E-state index is 0.334. The first-order valence-corrected chi connectivity index (χ1v) is 7.01. The fraction of sp³-hybridized carbons (Fsp3) is 0.294. The lowest BCUT2D eigenvalue weighted by atomic mass is 9.94. The summed E-state index contributed by atoms with van der Waals surface area (Å²) in [5.74, 6) is 4.92. The van der Waals surface area contributed by atoms with Crippen LogP contribution in [0.1, 0.15) is 36.6 Å². The molecule has 0 aromatic heterocycles. The molecule has 2 aromatic carbocycles. The number of hydrazine groups is 1. The summed E-state index contributed by atoms with van der Waals surface area (Å²) in [5.41, 5.74) is 4.98. The summed E-state index contributed by atoms with van der Waals surface area (Å²) in [6, 6.07) is 10.9. The second-order valence-electron chi connectivity index (χ2n) is 5.61. The average molecular weight is 290 g/mol. The molecule has 0 saturated heterocycles. The van der Waals surface area contributed by atoms with Gasteiger partial charge < -0.3 is 0 Å². The first kappa shape index (κ1) is 15.6. The molecule has 4 heteroatoms. The van der Waals surface area contributed by atoms with Crippen LogP contribution in [0.3, 0.4) is 0 Å². The van der Waals surface area contributed by atoms with E-state index in [4.69, 9.17) is 5.84 Å². The zero-order chi connectivity index (χ0) is 15.4. The van der Waals surface area contributed by atoms with Gasteiger partial charge in [0, 0.05) is 11.6 Å². The third kappa shape index (κ3) is 3.86. The fourth-order valence-electron chi connectivity index (χ4n) is 2.47. The van der Waals surface area contributed by atoms with Gasteiger partial charge in [-0.1, -0.05) is 44.2 Å². The van der Waals surface area contributed by atoms with E-state index in [9.17, 15) is 8.78 Å². The van der Waals surface area contributed by atoms with Gasteiger partial charge in [0.05, 0.1) is 6.04 Å². The second-order valence-corrected chi connectivity index (χ2v) is 5.61. The summed E-state index contributed by atoms with van der Waals surface area (Å²) < 4.78 is 27.0. The van der Waals surface area contributed by atoms with Crippen molar-refractivity contribution < 1.29 is 8.78 Å². The molecule has 0 aliphatic carbocycles. The van der Waals surface area contributed by atoms with Gasteiger partial charge in [0.15, 0.2) is 0 Å². The van der Waals surface area contributed by atoms with Gasteiger partial charge in [-0.05, 0) is 29.5 Å². The largest absolute Gasteiger partial charge is 0.271 e. The van der Waals surface area contributed by atoms with Gasteiger partial charge in [0.1, 0.15) is 11.6 Å². The molecule has 2 aromatic rings. The summed E-state index contributed by atoms with van der Waals surface area (Å²) in [6.07, 6.45) is 0.941. The van der Waals surface area contributed by atoms with Crippen LogP contribution in [-0.2, 0) is 6.42 Å². The SMILES string of the molecule is CC(C)Cc1cccc(C(NN)c2ccc(F)cc2F)c1. The van der Waals surface area contributed by atoms with Crippen molar-refractivity contribution in [3.8, 4) is 0 Å². The van der Waals surface area contributed by atoms with E-state index >= 15 is 0 Å². The maximum atomic E-state index is 13.9. The fourth-order valence-corrected chi connectivity index (χ4v) is 2.47. The lowest BCUT2D eigenvalue weighted by Crippen LogP contribution is -2.29. The number of nitrogens with one attached hydrogen (secondary N) is 1. The molecule has 0 saturated carbocycles. The van der Waals surface area contributed by atoms with E-state index in [1.54, 1.807) is 0 Å². The Kier molecular flexibility index (Phi) is 5.04. The molecule has 2 nitrogen and oxygen atoms in total. The van der Waals surface area contributed by atoms with Gasteiger partial charge >= 0.3 is 0 Å². The smallest absolute Gasteiger partial charge is 0.131 e. The van der Waals surface area contributed by atoms with Crippen molar-refractivity contribution in [3.63, 3.8) is 0 Å². The highest BCUT2D eigenvalue weighted by atomic mass is 19.1. The van der Waals surface area contributed by atoms with Gasteiger partial charge in [-0.15, -0.1) is 0 Å². The second kappa shape index (κ2) is 6.78. The van der Waals surface area contributed by atoms with E-state index in [1.165, 1.54) is 17.7 Å². The van der Waals surface area contributed by atoms with Crippen molar-refractivity contribution in [2.75, 3.05) is 0 Å². The topological polar surface area (TPSA) is 38.0 Å². The Balaban J connectivity index is 2.37. The number of halogens is 2. The molecule has 112 valence electrons. The van der Waals surface area contributed by atoms with E-state index in [0.717, 1.165) is 18.1 Å². The molecule has 0 radical (unpaired) electrons. The Bertz CT molecular complexity index is 611. The minimum Gasteiger partial charge on any atom is -0.271 e. The molecule has 3 N–H and O–H groups in total. The summed E-state index contributed by atoms with van der Waals surface area (Å²) >= 11 is 0. The van der Waals surface area contributed by atoms with Gasteiger partial charge in [0.2, 0.25) is 0 Å². The Morgan fingerprint density at radius 3 is 2.48 bits per heavy atom. The molecule has 0 fully saturated rings. The van der Waals surface area contributed by atoms with Crippen LogP contribution in [-0.4, -0.2) is 0 Å². The number of hydrogen-bond acceptors (Lipinski definition) is 2. The van der Waals surface area contributed by atoms with E-state index in [2.05, 4.69) is 19.3 Å². The Morgan fingerprint density at radius 1 is 1.10 bits per heavy atom. The summed E-state index contributed by atoms with van der Waals surface area (Å²) in [4.78, 5) is 0. The van der Waals surface area contributed by atoms with Gasteiger partial charge in [-0.2, -0.15) is 0 Å². The van der Waals surface area contributed by atoms with Crippen LogP contribution in [0.25, 0.3) is 0 Å². The predicted molar refractivity (Wildman–Crippen MR) is 80.5 cm³/mol. The maximum absolute atomic E-state index is 13.9. The zero-order valence-corrected chi connectivity index (χ0v) is 12.2. The van der Waals surface area contributed by atoms with E-state index in [1.807, 2.05) is 24.3 Å². The number of hydrogen-bond donors (Lipinski definition) is 2. The molecule has 21 heavy (non-hydrogen) atoms. The van der Waals surface area contributed by atoms with Crippen molar-refractivity contribution in [1.29, 1.82) is 0 Å². The molecule has 1 unspecified atom stereocenters. The van der Waals surface area contributed by atoms with Crippen LogP contribution in [0.4, 0.5) is 8.78 Å². The first-order chi connectivity index (χ1) is 10.0. The maximum Gasteiger partial charge on any atom is 0.131 e. The van der Waals surface area contributed by atoms with E-state index in [0.29, 0.717) is 11.5 Å². The molecular formula is C17H20F2N2. The predicted octanol–water partition coefficient (Wildman–Crippen LogP) is 3.72. The van der Waals surface area contributed by atoms with Crippen LogP contribution in [0.15, 0.2) is 42.5 Å². The Hall–Kier alpha value is -1.78. The summed E-state index contributed by atoms with van der Waals surface area (Å²) in [6.45, 7) is 4.29. The van der Waals surface area contributed by atoms with E-state index in [-0.39, 0.29) is 0 Å². The normalized spacial score (nSPS) is 12.7. The van der Waals surface area contributed by atoms with Crippen molar-refractivity contribution >= 4 is 0 Å². The molecule has 1 atom stereocenters. The summed E-state index contributed by atoms with van der Waals surface area (Å²) in [5, 5.41) is 0. The molecule has 0 spiro atoms. The summed E-state index contributed by atoms with van der Waals surface area (Å²) in [7, 11) is 0. The standard InChI is InChI=1S/C17H20F2N2/c1-11(2)8-12-4-3-5-13(9-12)17(21-20)15-7-6-14(18)10-16(15)19/h3-7,9-11,17,21H,8,20H2,1-2H3. The lowest BCUT2D eigenvalue weighted by Gasteiger charge is -2.19. The van der Waals surface area contributed by atoms with Gasteiger partial charge in [0.25, 0.3) is 0 Å². The number of rotatable bonds is 5. The minimum atomic E-state index is -0.604. The quantitative estimate of drug-likeness (QED) is 0.650. The van der Waals surface area contributed by atoms with Gasteiger partial charge in [-0.25, -0.2) is 14.2 Å². The highest BCUT2D eigenvalue weighted by Gasteiger charge is 2.17. The zero-order valence-electron chi connectivity index (χ0n) is 12.2. The first-order valence-electron chi connectivity index (χ1n) is 7.01. The Labute approximate surface area is 124 Å². The molecule has 0 amide bonds. The highest BCUT2D eigenvalue weighted by Crippen LogP contribution is 2.25. The van der Waals surface area contributed by atoms with Crippen LogP contribution in [0.2, 0.25) is 0 Å². The molecule has 0 bridgehead atoms. The van der Waals surface area contributed by atoms with Crippen LogP contribution >= 0.6 is 0 Å². The molecule has 2 rings (SSSR count). The van der Waals surface area contributed by atoms with Crippen LogP contribution < -0.4 is 11.3 Å². The third-order valence-electron chi connectivity index (χ3n) is 3.37. The molecule has 0 aliphatic rings. The van der Waals surface area contributed by atoms with Crippen molar-refractivity contribution in [2.45, 2.75) is 26.3 Å². The van der Waals surface area contributed by atoms with Crippen molar-refractivity contribution in [3.05, 3.63) is 70.8 Å². The van der Waals surface area contributed by atoms with Crippen molar-refractivity contribution in [2.24, 2.45) is 11.8 Å². The highest BCUT2D eigenvalue weighted by molar-refractivity contribution is 5.35. The van der Waals surface area contributed by atoms with Crippen molar-refractivity contribution in [1.82, 2.24) is 5.43 Å². The molecular weight excluding hydrogens is 270 g/mol. The van der Waals surface area contributed by atoms with Gasteiger partial charge in [-0.3, -0.25) is 5.84 Å². The molecule has 0 heterocycles. The van der Waals surface area contributed by atoms with E-state index < -0.39 is 17.7 Å². The monoisotopic (exact) mass is 290 g/mol. The average Bonchev–Trinajstić information content (AvgIpc) is 2.41. The molecule has 0 aliphatic heterocycles. The number of nitrogens with two attached hydrogens (primary N) is 1.